The molecule has 4 nitrogen and oxygen atoms in total. The molecule has 0 aromatic heterocycles. The lowest BCUT2D eigenvalue weighted by Crippen LogP contribution is -2.28. The number of hydrogen-bond donors (Lipinski definition) is 1. The fraction of sp³-hybridized carbons (Fsp3) is 0.429. The first-order valence-electron chi connectivity index (χ1n) is 6.33. The second-order valence-corrected chi connectivity index (χ2v) is 5.97. The summed E-state index contributed by atoms with van der Waals surface area (Å²) in [5, 5.41) is 9.27. The van der Waals surface area contributed by atoms with Crippen LogP contribution in [0.3, 0.4) is 0 Å². The molecule has 0 radical (unpaired) electrons. The third-order valence-corrected chi connectivity index (χ3v) is 4.05. The number of rotatable bonds is 8. The highest BCUT2D eigenvalue weighted by atomic mass is 35.5. The lowest BCUT2D eigenvalue weighted by Gasteiger charge is -2.15. The van der Waals surface area contributed by atoms with Gasteiger partial charge in [0.25, 0.3) is 0 Å². The smallest absolute Gasteiger partial charge is 0.305 e. The van der Waals surface area contributed by atoms with E-state index in [0.29, 0.717) is 11.4 Å². The van der Waals surface area contributed by atoms with Crippen molar-refractivity contribution in [1.82, 2.24) is 4.90 Å². The second kappa shape index (κ2) is 8.87. The number of hydrogen-bond acceptors (Lipinski definition) is 3. The van der Waals surface area contributed by atoms with Gasteiger partial charge in [-0.2, -0.15) is 0 Å². The summed E-state index contributed by atoms with van der Waals surface area (Å²) >= 11 is 7.48. The van der Waals surface area contributed by atoms with Crippen molar-refractivity contribution in [3.8, 4) is 0 Å². The summed E-state index contributed by atoms with van der Waals surface area (Å²) in [4.78, 5) is 24.7. The summed E-state index contributed by atoms with van der Waals surface area (Å²) in [7, 11) is 1.64. The van der Waals surface area contributed by atoms with E-state index < -0.39 is 5.97 Å². The Labute approximate surface area is 128 Å². The van der Waals surface area contributed by atoms with E-state index in [1.165, 1.54) is 4.90 Å². The summed E-state index contributed by atoms with van der Waals surface area (Å²) < 4.78 is 0. The van der Waals surface area contributed by atoms with Crippen LogP contribution in [0, 0.1) is 0 Å². The fourth-order valence-corrected chi connectivity index (χ4v) is 2.50. The molecular weight excluding hydrogens is 298 g/mol. The lowest BCUT2D eigenvalue weighted by molar-refractivity contribution is -0.138. The van der Waals surface area contributed by atoms with Crippen LogP contribution in [0.2, 0.25) is 5.02 Å². The first-order valence-corrected chi connectivity index (χ1v) is 7.69. The second-order valence-electron chi connectivity index (χ2n) is 4.36. The molecule has 0 aliphatic heterocycles. The maximum Gasteiger partial charge on any atom is 0.305 e. The van der Waals surface area contributed by atoms with Crippen LogP contribution in [-0.2, 0) is 9.59 Å². The van der Waals surface area contributed by atoms with Gasteiger partial charge in [0.05, 0.1) is 6.42 Å². The van der Waals surface area contributed by atoms with E-state index in [0.717, 1.165) is 17.1 Å². The number of carbonyl (C=O) groups excluding carboxylic acids is 1. The minimum Gasteiger partial charge on any atom is -0.481 e. The topological polar surface area (TPSA) is 57.6 Å². The van der Waals surface area contributed by atoms with E-state index in [1.807, 2.05) is 24.3 Å². The Morgan fingerprint density at radius 1 is 1.25 bits per heavy atom. The molecule has 0 saturated carbocycles. The zero-order valence-corrected chi connectivity index (χ0v) is 12.9. The number of amides is 1. The standard InChI is InChI=1S/C14H18ClNO3S/c1-16(9-8-14(18)19)13(17)3-2-10-20-12-6-4-11(15)5-7-12/h4-7H,2-3,8-10H2,1H3,(H,18,19). The van der Waals surface area contributed by atoms with Gasteiger partial charge in [0.1, 0.15) is 0 Å². The summed E-state index contributed by atoms with van der Waals surface area (Å²) in [6.45, 7) is 0.262. The molecule has 0 aliphatic carbocycles. The van der Waals surface area contributed by atoms with Gasteiger partial charge in [0, 0.05) is 29.9 Å². The van der Waals surface area contributed by atoms with Crippen molar-refractivity contribution >= 4 is 35.2 Å². The van der Waals surface area contributed by atoms with Crippen molar-refractivity contribution < 1.29 is 14.7 Å². The summed E-state index contributed by atoms with van der Waals surface area (Å²) in [5.74, 6) is -0.0500. The predicted molar refractivity (Wildman–Crippen MR) is 81.3 cm³/mol. The average molecular weight is 316 g/mol. The molecule has 110 valence electrons. The van der Waals surface area contributed by atoms with Gasteiger partial charge in [-0.05, 0) is 36.4 Å². The van der Waals surface area contributed by atoms with Gasteiger partial charge in [0.2, 0.25) is 5.91 Å². The monoisotopic (exact) mass is 315 g/mol. The zero-order chi connectivity index (χ0) is 15.0. The molecule has 0 saturated heterocycles. The maximum absolute atomic E-state index is 11.7. The number of benzene rings is 1. The average Bonchev–Trinajstić information content (AvgIpc) is 2.42. The van der Waals surface area contributed by atoms with Crippen molar-refractivity contribution in [2.45, 2.75) is 24.2 Å². The molecule has 1 N–H and O–H groups in total. The molecule has 20 heavy (non-hydrogen) atoms. The molecular formula is C14H18ClNO3S. The highest BCUT2D eigenvalue weighted by Crippen LogP contribution is 2.21. The Bertz CT molecular complexity index is 450. The van der Waals surface area contributed by atoms with Gasteiger partial charge in [-0.25, -0.2) is 0 Å². The molecule has 0 spiro atoms. The largest absolute Gasteiger partial charge is 0.481 e. The Morgan fingerprint density at radius 2 is 1.90 bits per heavy atom. The number of thioether (sulfide) groups is 1. The number of aliphatic carboxylic acids is 1. The molecule has 0 unspecified atom stereocenters. The number of carboxylic acid groups (broad SMARTS) is 1. The van der Waals surface area contributed by atoms with Crippen LogP contribution in [0.5, 0.6) is 0 Å². The molecule has 1 aromatic rings. The third-order valence-electron chi connectivity index (χ3n) is 2.70. The number of carboxylic acids is 1. The Hall–Kier alpha value is -1.20. The molecule has 0 bridgehead atoms. The minimum absolute atomic E-state index is 0.0112. The summed E-state index contributed by atoms with van der Waals surface area (Å²) in [5.41, 5.74) is 0. The lowest BCUT2D eigenvalue weighted by atomic mass is 10.3. The molecule has 6 heteroatoms. The number of carbonyl (C=O) groups is 2. The zero-order valence-electron chi connectivity index (χ0n) is 11.3. The number of halogens is 1. The molecule has 1 aromatic carbocycles. The Morgan fingerprint density at radius 3 is 2.50 bits per heavy atom. The van der Waals surface area contributed by atoms with E-state index in [1.54, 1.807) is 18.8 Å². The van der Waals surface area contributed by atoms with Gasteiger partial charge < -0.3 is 10.0 Å². The first kappa shape index (κ1) is 16.9. The summed E-state index contributed by atoms with van der Waals surface area (Å²) in [6.07, 6.45) is 1.20. The van der Waals surface area contributed by atoms with Crippen molar-refractivity contribution in [3.05, 3.63) is 29.3 Å². The van der Waals surface area contributed by atoms with Gasteiger partial charge >= 0.3 is 5.97 Å². The molecule has 0 fully saturated rings. The quantitative estimate of drug-likeness (QED) is 0.591. The van der Waals surface area contributed by atoms with Crippen molar-refractivity contribution in [3.63, 3.8) is 0 Å². The molecule has 0 heterocycles. The normalized spacial score (nSPS) is 10.3. The van der Waals surface area contributed by atoms with E-state index in [-0.39, 0.29) is 18.9 Å². The van der Waals surface area contributed by atoms with Crippen LogP contribution in [-0.4, -0.2) is 41.2 Å². The van der Waals surface area contributed by atoms with Crippen molar-refractivity contribution in [1.29, 1.82) is 0 Å². The van der Waals surface area contributed by atoms with Crippen LogP contribution in [0.25, 0.3) is 0 Å². The van der Waals surface area contributed by atoms with Crippen LogP contribution < -0.4 is 0 Å². The Kier molecular flexibility index (Phi) is 7.47. The van der Waals surface area contributed by atoms with Crippen molar-refractivity contribution in [2.75, 3.05) is 19.3 Å². The van der Waals surface area contributed by atoms with Gasteiger partial charge in [-0.15, -0.1) is 11.8 Å². The molecule has 0 aliphatic rings. The van der Waals surface area contributed by atoms with E-state index in [4.69, 9.17) is 16.7 Å². The molecule has 1 amide bonds. The van der Waals surface area contributed by atoms with Gasteiger partial charge in [0.15, 0.2) is 0 Å². The van der Waals surface area contributed by atoms with Gasteiger partial charge in [-0.1, -0.05) is 11.6 Å². The van der Waals surface area contributed by atoms with Crippen LogP contribution in [0.1, 0.15) is 19.3 Å². The van der Waals surface area contributed by atoms with E-state index in [9.17, 15) is 9.59 Å². The third kappa shape index (κ3) is 6.82. The fourth-order valence-electron chi connectivity index (χ4n) is 1.52. The minimum atomic E-state index is -0.886. The van der Waals surface area contributed by atoms with Crippen LogP contribution in [0.4, 0.5) is 0 Å². The molecule has 0 atom stereocenters. The highest BCUT2D eigenvalue weighted by molar-refractivity contribution is 7.99. The van der Waals surface area contributed by atoms with Crippen LogP contribution in [0.15, 0.2) is 29.2 Å². The highest BCUT2D eigenvalue weighted by Gasteiger charge is 2.09. The Balaban J connectivity index is 2.18. The van der Waals surface area contributed by atoms with E-state index >= 15 is 0 Å². The van der Waals surface area contributed by atoms with Crippen LogP contribution >= 0.6 is 23.4 Å². The summed E-state index contributed by atoms with van der Waals surface area (Å²) in [6, 6.07) is 7.59. The molecule has 1 rings (SSSR count). The van der Waals surface area contributed by atoms with Crippen molar-refractivity contribution in [2.24, 2.45) is 0 Å². The maximum atomic E-state index is 11.7. The number of nitrogens with zero attached hydrogens (tertiary/aromatic N) is 1. The van der Waals surface area contributed by atoms with Gasteiger partial charge in [-0.3, -0.25) is 9.59 Å². The van der Waals surface area contributed by atoms with E-state index in [2.05, 4.69) is 0 Å². The first-order chi connectivity index (χ1) is 9.49. The SMILES string of the molecule is CN(CCC(=O)O)C(=O)CCCSc1ccc(Cl)cc1. The predicted octanol–water partition coefficient (Wildman–Crippen LogP) is 3.15.